The van der Waals surface area contributed by atoms with Crippen molar-refractivity contribution in [3.05, 3.63) is 17.5 Å². The Bertz CT molecular complexity index is 333. The van der Waals surface area contributed by atoms with Gasteiger partial charge in [-0.3, -0.25) is 9.48 Å². The fraction of sp³-hybridized carbons (Fsp3) is 0.556. The summed E-state index contributed by atoms with van der Waals surface area (Å²) >= 11 is 0. The summed E-state index contributed by atoms with van der Waals surface area (Å²) in [5.74, 6) is -0.980. The summed E-state index contributed by atoms with van der Waals surface area (Å²) < 4.78 is 1.78. The fourth-order valence-electron chi connectivity index (χ4n) is 1.35. The Morgan fingerprint density at radius 1 is 1.79 bits per heavy atom. The number of hydrogen-bond donors (Lipinski definition) is 2. The summed E-state index contributed by atoms with van der Waals surface area (Å²) in [6, 6.07) is 1.02. The maximum absolute atomic E-state index is 10.6. The Morgan fingerprint density at radius 3 is 2.93 bits per heavy atom. The van der Waals surface area contributed by atoms with Crippen molar-refractivity contribution in [2.75, 3.05) is 0 Å². The minimum Gasteiger partial charge on any atom is -0.480 e. The van der Waals surface area contributed by atoms with Gasteiger partial charge in [0.05, 0.1) is 5.69 Å². The van der Waals surface area contributed by atoms with Gasteiger partial charge in [-0.2, -0.15) is 5.10 Å². The number of aryl methyl sites for hydroxylation is 2. The van der Waals surface area contributed by atoms with Crippen LogP contribution in [-0.4, -0.2) is 26.9 Å². The van der Waals surface area contributed by atoms with E-state index < -0.39 is 12.0 Å². The van der Waals surface area contributed by atoms with E-state index in [2.05, 4.69) is 5.10 Å². The number of nitrogens with zero attached hydrogens (tertiary/aromatic N) is 2. The molecular weight excluding hydrogens is 182 g/mol. The molecule has 5 heteroatoms. The van der Waals surface area contributed by atoms with Crippen molar-refractivity contribution in [2.45, 2.75) is 32.9 Å². The third-order valence-corrected chi connectivity index (χ3v) is 2.03. The van der Waals surface area contributed by atoms with Crippen LogP contribution in [0.15, 0.2) is 6.07 Å². The van der Waals surface area contributed by atoms with Gasteiger partial charge in [-0.25, -0.2) is 0 Å². The molecule has 0 saturated carbocycles. The second-order valence-electron chi connectivity index (χ2n) is 3.24. The minimum atomic E-state index is -0.980. The van der Waals surface area contributed by atoms with E-state index in [1.807, 2.05) is 19.9 Å². The largest absolute Gasteiger partial charge is 0.480 e. The van der Waals surface area contributed by atoms with Crippen LogP contribution in [0.1, 0.15) is 18.3 Å². The highest BCUT2D eigenvalue weighted by molar-refractivity contribution is 5.73. The molecule has 0 aliphatic carbocycles. The summed E-state index contributed by atoms with van der Waals surface area (Å²) in [7, 11) is 0. The van der Waals surface area contributed by atoms with Gasteiger partial charge in [0.15, 0.2) is 0 Å². The molecule has 1 aromatic heterocycles. The molecule has 0 amide bonds. The SMILES string of the molecule is CCn1nc(C)cc1CC(N)C(=O)O. The van der Waals surface area contributed by atoms with E-state index in [0.717, 1.165) is 17.9 Å². The molecule has 1 atom stereocenters. The molecule has 0 spiro atoms. The molecule has 1 heterocycles. The normalized spacial score (nSPS) is 12.8. The number of hydrogen-bond acceptors (Lipinski definition) is 3. The van der Waals surface area contributed by atoms with Gasteiger partial charge in [-0.1, -0.05) is 0 Å². The Morgan fingerprint density at radius 2 is 2.43 bits per heavy atom. The third kappa shape index (κ3) is 2.32. The van der Waals surface area contributed by atoms with Gasteiger partial charge in [0, 0.05) is 18.7 Å². The molecule has 3 N–H and O–H groups in total. The average Bonchev–Trinajstić information content (AvgIpc) is 2.45. The maximum Gasteiger partial charge on any atom is 0.320 e. The highest BCUT2D eigenvalue weighted by Gasteiger charge is 2.15. The molecule has 0 aliphatic heterocycles. The molecule has 0 aromatic carbocycles. The van der Waals surface area contributed by atoms with Gasteiger partial charge in [-0.05, 0) is 19.9 Å². The Balaban J connectivity index is 2.79. The summed E-state index contributed by atoms with van der Waals surface area (Å²) in [5.41, 5.74) is 7.20. The van der Waals surface area contributed by atoms with Gasteiger partial charge in [-0.15, -0.1) is 0 Å². The number of rotatable bonds is 4. The monoisotopic (exact) mass is 197 g/mol. The molecular formula is C9H15N3O2. The number of nitrogens with two attached hydrogens (primary N) is 1. The van der Waals surface area contributed by atoms with Crippen molar-refractivity contribution in [1.29, 1.82) is 0 Å². The number of carboxylic acid groups (broad SMARTS) is 1. The number of carboxylic acids is 1. The average molecular weight is 197 g/mol. The molecule has 1 rings (SSSR count). The topological polar surface area (TPSA) is 81.1 Å². The molecule has 1 aromatic rings. The standard InChI is InChI=1S/C9H15N3O2/c1-3-12-7(4-6(2)11-12)5-8(10)9(13)14/h4,8H,3,5,10H2,1-2H3,(H,13,14). The van der Waals surface area contributed by atoms with Gasteiger partial charge in [0.1, 0.15) is 6.04 Å². The first-order valence-electron chi connectivity index (χ1n) is 4.56. The van der Waals surface area contributed by atoms with Crippen LogP contribution in [0, 0.1) is 6.92 Å². The van der Waals surface area contributed by atoms with Gasteiger partial charge in [0.25, 0.3) is 0 Å². The number of carbonyl (C=O) groups is 1. The zero-order chi connectivity index (χ0) is 10.7. The van der Waals surface area contributed by atoms with Crippen LogP contribution in [-0.2, 0) is 17.8 Å². The molecule has 5 nitrogen and oxygen atoms in total. The van der Waals surface area contributed by atoms with E-state index in [4.69, 9.17) is 10.8 Å². The first-order valence-corrected chi connectivity index (χ1v) is 4.56. The first kappa shape index (κ1) is 10.7. The van der Waals surface area contributed by atoms with Crippen LogP contribution in [0.2, 0.25) is 0 Å². The summed E-state index contributed by atoms with van der Waals surface area (Å²) in [6.07, 6.45) is 0.323. The van der Waals surface area contributed by atoms with Crippen molar-refractivity contribution < 1.29 is 9.90 Å². The lowest BCUT2D eigenvalue weighted by Crippen LogP contribution is -2.33. The van der Waals surface area contributed by atoms with E-state index in [0.29, 0.717) is 6.42 Å². The zero-order valence-corrected chi connectivity index (χ0v) is 8.40. The predicted octanol–water partition coefficient (Wildman–Crippen LogP) is 0.166. The maximum atomic E-state index is 10.6. The van der Waals surface area contributed by atoms with Crippen LogP contribution in [0.5, 0.6) is 0 Å². The van der Waals surface area contributed by atoms with Crippen LogP contribution in [0.4, 0.5) is 0 Å². The lowest BCUT2D eigenvalue weighted by molar-refractivity contribution is -0.138. The zero-order valence-electron chi connectivity index (χ0n) is 8.40. The smallest absolute Gasteiger partial charge is 0.320 e. The van der Waals surface area contributed by atoms with E-state index in [1.54, 1.807) is 4.68 Å². The predicted molar refractivity (Wildman–Crippen MR) is 52.0 cm³/mol. The van der Waals surface area contributed by atoms with Crippen LogP contribution >= 0.6 is 0 Å². The van der Waals surface area contributed by atoms with Crippen LogP contribution in [0.3, 0.4) is 0 Å². The quantitative estimate of drug-likeness (QED) is 0.720. The van der Waals surface area contributed by atoms with Crippen LogP contribution < -0.4 is 5.73 Å². The lowest BCUT2D eigenvalue weighted by atomic mass is 10.1. The first-order chi connectivity index (χ1) is 6.54. The van der Waals surface area contributed by atoms with E-state index in [1.165, 1.54) is 0 Å². The molecule has 14 heavy (non-hydrogen) atoms. The number of aromatic nitrogens is 2. The molecule has 78 valence electrons. The van der Waals surface area contributed by atoms with Crippen molar-refractivity contribution >= 4 is 5.97 Å². The summed E-state index contributed by atoms with van der Waals surface area (Å²) in [4.78, 5) is 10.6. The molecule has 1 unspecified atom stereocenters. The molecule has 0 aliphatic rings. The van der Waals surface area contributed by atoms with Crippen molar-refractivity contribution in [1.82, 2.24) is 9.78 Å². The molecule has 0 radical (unpaired) electrons. The second kappa shape index (κ2) is 4.23. The highest BCUT2D eigenvalue weighted by Crippen LogP contribution is 2.06. The number of aliphatic carboxylic acids is 1. The van der Waals surface area contributed by atoms with Crippen molar-refractivity contribution in [3.63, 3.8) is 0 Å². The summed E-state index contributed by atoms with van der Waals surface area (Å²) in [6.45, 7) is 4.57. The lowest BCUT2D eigenvalue weighted by Gasteiger charge is -2.07. The Hall–Kier alpha value is -1.36. The van der Waals surface area contributed by atoms with Gasteiger partial charge < -0.3 is 10.8 Å². The van der Waals surface area contributed by atoms with E-state index in [9.17, 15) is 4.79 Å². The summed E-state index contributed by atoms with van der Waals surface area (Å²) in [5, 5.41) is 12.9. The highest BCUT2D eigenvalue weighted by atomic mass is 16.4. The molecule has 0 bridgehead atoms. The fourth-order valence-corrected chi connectivity index (χ4v) is 1.35. The Kier molecular flexibility index (Phi) is 3.24. The second-order valence-corrected chi connectivity index (χ2v) is 3.24. The van der Waals surface area contributed by atoms with Crippen molar-refractivity contribution in [2.24, 2.45) is 5.73 Å². The van der Waals surface area contributed by atoms with Gasteiger partial charge in [0.2, 0.25) is 0 Å². The van der Waals surface area contributed by atoms with Gasteiger partial charge >= 0.3 is 5.97 Å². The van der Waals surface area contributed by atoms with E-state index in [-0.39, 0.29) is 0 Å². The molecule has 0 fully saturated rings. The van der Waals surface area contributed by atoms with Crippen LogP contribution in [0.25, 0.3) is 0 Å². The third-order valence-electron chi connectivity index (χ3n) is 2.03. The van der Waals surface area contributed by atoms with E-state index >= 15 is 0 Å². The van der Waals surface area contributed by atoms with Crippen molar-refractivity contribution in [3.8, 4) is 0 Å². The Labute approximate surface area is 82.5 Å². The minimum absolute atomic E-state index is 0.323. The molecule has 0 saturated heterocycles.